The number of benzene rings is 1. The minimum absolute atomic E-state index is 0.0354. The van der Waals surface area contributed by atoms with Crippen LogP contribution in [0, 0.1) is 0 Å². The van der Waals surface area contributed by atoms with Gasteiger partial charge in [0.2, 0.25) is 0 Å². The van der Waals surface area contributed by atoms with E-state index in [1.165, 1.54) is 7.11 Å². The van der Waals surface area contributed by atoms with Crippen LogP contribution in [0.1, 0.15) is 17.3 Å². The Bertz CT molecular complexity index is 336. The van der Waals surface area contributed by atoms with Gasteiger partial charge in [-0.1, -0.05) is 6.07 Å². The molecule has 4 heteroatoms. The van der Waals surface area contributed by atoms with Crippen molar-refractivity contribution in [2.24, 2.45) is 5.73 Å². The number of nitrogens with two attached hydrogens (primary N) is 1. The molecule has 0 amide bonds. The predicted octanol–water partition coefficient (Wildman–Crippen LogP) is 1.20. The first-order valence-electron chi connectivity index (χ1n) is 4.70. The predicted molar refractivity (Wildman–Crippen MR) is 56.9 cm³/mol. The summed E-state index contributed by atoms with van der Waals surface area (Å²) in [7, 11) is 1.35. The van der Waals surface area contributed by atoms with Gasteiger partial charge in [0.1, 0.15) is 12.4 Å². The number of esters is 1. The van der Waals surface area contributed by atoms with Gasteiger partial charge in [-0.2, -0.15) is 0 Å². The van der Waals surface area contributed by atoms with E-state index < -0.39 is 0 Å². The van der Waals surface area contributed by atoms with Crippen LogP contribution in [-0.2, 0) is 4.74 Å². The van der Waals surface area contributed by atoms with Crippen LogP contribution in [0.5, 0.6) is 5.75 Å². The molecule has 1 rings (SSSR count). The highest BCUT2D eigenvalue weighted by Gasteiger charge is 2.06. The van der Waals surface area contributed by atoms with Gasteiger partial charge in [-0.15, -0.1) is 0 Å². The van der Waals surface area contributed by atoms with Crippen LogP contribution in [0.15, 0.2) is 24.3 Å². The van der Waals surface area contributed by atoms with Crippen LogP contribution < -0.4 is 10.5 Å². The average Bonchev–Trinajstić information content (AvgIpc) is 2.25. The lowest BCUT2D eigenvalue weighted by molar-refractivity contribution is 0.0600. The Balaban J connectivity index is 2.70. The molecule has 0 aliphatic carbocycles. The Morgan fingerprint density at radius 2 is 2.27 bits per heavy atom. The quantitative estimate of drug-likeness (QED) is 0.757. The minimum Gasteiger partial charge on any atom is -0.492 e. The largest absolute Gasteiger partial charge is 0.492 e. The van der Waals surface area contributed by atoms with Crippen molar-refractivity contribution < 1.29 is 14.3 Å². The number of carbonyl (C=O) groups is 1. The number of methoxy groups -OCH3 is 1. The first-order chi connectivity index (χ1) is 7.13. The third-order valence-electron chi connectivity index (χ3n) is 1.77. The highest BCUT2D eigenvalue weighted by Crippen LogP contribution is 2.14. The normalized spacial score (nSPS) is 11.9. The Kier molecular flexibility index (Phi) is 4.12. The van der Waals surface area contributed by atoms with Gasteiger partial charge in [0.05, 0.1) is 12.7 Å². The molecule has 82 valence electrons. The van der Waals surface area contributed by atoms with E-state index in [1.807, 2.05) is 6.92 Å². The van der Waals surface area contributed by atoms with Gasteiger partial charge in [0.25, 0.3) is 0 Å². The average molecular weight is 209 g/mol. The molecule has 0 bridgehead atoms. The van der Waals surface area contributed by atoms with E-state index in [1.54, 1.807) is 24.3 Å². The molecule has 1 atom stereocenters. The molecule has 0 radical (unpaired) electrons. The molecule has 15 heavy (non-hydrogen) atoms. The monoisotopic (exact) mass is 209 g/mol. The standard InChI is InChI=1S/C11H15NO3/c1-8(12)7-15-10-5-3-4-9(6-10)11(13)14-2/h3-6,8H,7,12H2,1-2H3. The topological polar surface area (TPSA) is 61.5 Å². The Hall–Kier alpha value is -1.55. The van der Waals surface area contributed by atoms with Crippen LogP contribution in [0.4, 0.5) is 0 Å². The fourth-order valence-corrected chi connectivity index (χ4v) is 1.06. The van der Waals surface area contributed by atoms with E-state index in [4.69, 9.17) is 10.5 Å². The highest BCUT2D eigenvalue weighted by molar-refractivity contribution is 5.89. The van der Waals surface area contributed by atoms with E-state index in [0.717, 1.165) is 0 Å². The van der Waals surface area contributed by atoms with Crippen molar-refractivity contribution in [3.05, 3.63) is 29.8 Å². The molecule has 2 N–H and O–H groups in total. The maximum atomic E-state index is 11.2. The second-order valence-corrected chi connectivity index (χ2v) is 3.31. The summed E-state index contributed by atoms with van der Waals surface area (Å²) in [5.74, 6) is 0.247. The summed E-state index contributed by atoms with van der Waals surface area (Å²) < 4.78 is 9.97. The third kappa shape index (κ3) is 3.59. The van der Waals surface area contributed by atoms with Gasteiger partial charge in [-0.25, -0.2) is 4.79 Å². The Morgan fingerprint density at radius 3 is 2.87 bits per heavy atom. The fraction of sp³-hybridized carbons (Fsp3) is 0.364. The van der Waals surface area contributed by atoms with Gasteiger partial charge in [-0.05, 0) is 25.1 Å². The Labute approximate surface area is 89.0 Å². The summed E-state index contributed by atoms with van der Waals surface area (Å²) in [6.45, 7) is 2.27. The smallest absolute Gasteiger partial charge is 0.337 e. The zero-order valence-electron chi connectivity index (χ0n) is 8.90. The van der Waals surface area contributed by atoms with Crippen molar-refractivity contribution in [3.63, 3.8) is 0 Å². The van der Waals surface area contributed by atoms with Crippen LogP contribution in [0.2, 0.25) is 0 Å². The molecule has 0 aliphatic heterocycles. The van der Waals surface area contributed by atoms with Crippen LogP contribution in [0.25, 0.3) is 0 Å². The molecule has 0 fully saturated rings. The molecule has 1 aromatic carbocycles. The van der Waals surface area contributed by atoms with Crippen molar-refractivity contribution in [2.45, 2.75) is 13.0 Å². The molecule has 0 spiro atoms. The van der Waals surface area contributed by atoms with E-state index in [-0.39, 0.29) is 12.0 Å². The number of carbonyl (C=O) groups excluding carboxylic acids is 1. The van der Waals surface area contributed by atoms with Crippen LogP contribution in [0.3, 0.4) is 0 Å². The lowest BCUT2D eigenvalue weighted by Gasteiger charge is -2.09. The van der Waals surface area contributed by atoms with Gasteiger partial charge in [0.15, 0.2) is 0 Å². The summed E-state index contributed by atoms with van der Waals surface area (Å²) in [6.07, 6.45) is 0. The fourth-order valence-electron chi connectivity index (χ4n) is 1.06. The number of hydrogen-bond acceptors (Lipinski definition) is 4. The molecule has 0 aromatic heterocycles. The SMILES string of the molecule is COC(=O)c1cccc(OCC(C)N)c1. The molecule has 0 saturated heterocycles. The third-order valence-corrected chi connectivity index (χ3v) is 1.77. The van der Waals surface area contributed by atoms with Crippen LogP contribution >= 0.6 is 0 Å². The molecular weight excluding hydrogens is 194 g/mol. The molecule has 4 nitrogen and oxygen atoms in total. The van der Waals surface area contributed by atoms with Crippen molar-refractivity contribution >= 4 is 5.97 Å². The molecule has 1 aromatic rings. The van der Waals surface area contributed by atoms with Crippen molar-refractivity contribution in [2.75, 3.05) is 13.7 Å². The number of rotatable bonds is 4. The van der Waals surface area contributed by atoms with Crippen LogP contribution in [-0.4, -0.2) is 25.7 Å². The van der Waals surface area contributed by atoms with Gasteiger partial charge >= 0.3 is 5.97 Å². The molecular formula is C11H15NO3. The summed E-state index contributed by atoms with van der Waals surface area (Å²) in [5, 5.41) is 0. The number of hydrogen-bond donors (Lipinski definition) is 1. The van der Waals surface area contributed by atoms with E-state index >= 15 is 0 Å². The zero-order chi connectivity index (χ0) is 11.3. The molecule has 0 aliphatic rings. The summed E-state index contributed by atoms with van der Waals surface area (Å²) >= 11 is 0. The second-order valence-electron chi connectivity index (χ2n) is 3.31. The Morgan fingerprint density at radius 1 is 1.53 bits per heavy atom. The first-order valence-corrected chi connectivity index (χ1v) is 4.70. The molecule has 0 saturated carbocycles. The lowest BCUT2D eigenvalue weighted by atomic mass is 10.2. The van der Waals surface area contributed by atoms with E-state index in [0.29, 0.717) is 17.9 Å². The molecule has 1 unspecified atom stereocenters. The van der Waals surface area contributed by atoms with Crippen molar-refractivity contribution in [1.29, 1.82) is 0 Å². The van der Waals surface area contributed by atoms with Crippen molar-refractivity contribution in [1.82, 2.24) is 0 Å². The number of ether oxygens (including phenoxy) is 2. The zero-order valence-corrected chi connectivity index (χ0v) is 8.90. The van der Waals surface area contributed by atoms with Gasteiger partial charge in [0, 0.05) is 6.04 Å². The first kappa shape index (κ1) is 11.5. The van der Waals surface area contributed by atoms with E-state index in [2.05, 4.69) is 4.74 Å². The van der Waals surface area contributed by atoms with Gasteiger partial charge in [-0.3, -0.25) is 0 Å². The van der Waals surface area contributed by atoms with Gasteiger partial charge < -0.3 is 15.2 Å². The summed E-state index contributed by atoms with van der Waals surface area (Å²) in [6, 6.07) is 6.78. The summed E-state index contributed by atoms with van der Waals surface area (Å²) in [4.78, 5) is 11.2. The minimum atomic E-state index is -0.374. The highest BCUT2D eigenvalue weighted by atomic mass is 16.5. The maximum absolute atomic E-state index is 11.2. The maximum Gasteiger partial charge on any atom is 0.337 e. The second kappa shape index (κ2) is 5.36. The molecule has 0 heterocycles. The lowest BCUT2D eigenvalue weighted by Crippen LogP contribution is -2.23. The van der Waals surface area contributed by atoms with Crippen molar-refractivity contribution in [3.8, 4) is 5.75 Å². The van der Waals surface area contributed by atoms with E-state index in [9.17, 15) is 4.79 Å². The summed E-state index contributed by atoms with van der Waals surface area (Å²) in [5.41, 5.74) is 6.02.